The Labute approximate surface area is 74.1 Å². The third kappa shape index (κ3) is 1.85. The Kier molecular flexibility index (Phi) is 2.84. The minimum atomic E-state index is -5.02. The lowest BCUT2D eigenvalue weighted by Crippen LogP contribution is -2.57. The second-order valence-corrected chi connectivity index (χ2v) is 3.35. The van der Waals surface area contributed by atoms with Crippen LogP contribution >= 0.6 is 0 Å². The molecule has 0 heterocycles. The average Bonchev–Trinajstić information content (AvgIpc) is 1.84. The molecule has 0 aliphatic carbocycles. The fourth-order valence-electron chi connectivity index (χ4n) is 0.682. The molecule has 0 fully saturated rings. The third-order valence-electron chi connectivity index (χ3n) is 2.27. The first-order chi connectivity index (χ1) is 5.44. The standard InChI is InChI=1S/C8H12F4O/c1-5(2)6(3,9)7(4,13)8(10,11)12/h13H,1H2,2-4H3. The first kappa shape index (κ1) is 12.4. The fourth-order valence-corrected chi connectivity index (χ4v) is 0.682. The van der Waals surface area contributed by atoms with Gasteiger partial charge in [0.2, 0.25) is 0 Å². The fraction of sp³-hybridized carbons (Fsp3) is 0.750. The Morgan fingerprint density at radius 3 is 1.54 bits per heavy atom. The lowest BCUT2D eigenvalue weighted by atomic mass is 9.82. The molecular weight excluding hydrogens is 188 g/mol. The maximum Gasteiger partial charge on any atom is 0.420 e. The largest absolute Gasteiger partial charge is 0.420 e. The summed E-state index contributed by atoms with van der Waals surface area (Å²) < 4.78 is 49.9. The summed E-state index contributed by atoms with van der Waals surface area (Å²) in [6.45, 7) is 5.22. The molecule has 0 aliphatic rings. The molecule has 0 spiro atoms. The van der Waals surface area contributed by atoms with Crippen LogP contribution in [0.2, 0.25) is 0 Å². The molecule has 0 bridgehead atoms. The van der Waals surface area contributed by atoms with Gasteiger partial charge in [0.15, 0.2) is 11.3 Å². The van der Waals surface area contributed by atoms with Crippen LogP contribution in [0.3, 0.4) is 0 Å². The molecule has 78 valence electrons. The van der Waals surface area contributed by atoms with E-state index in [9.17, 15) is 17.6 Å². The zero-order valence-electron chi connectivity index (χ0n) is 7.67. The summed E-state index contributed by atoms with van der Waals surface area (Å²) in [6.07, 6.45) is -5.02. The smallest absolute Gasteiger partial charge is 0.378 e. The maximum absolute atomic E-state index is 13.4. The second-order valence-electron chi connectivity index (χ2n) is 3.35. The van der Waals surface area contributed by atoms with Crippen molar-refractivity contribution in [2.75, 3.05) is 0 Å². The van der Waals surface area contributed by atoms with E-state index in [1.807, 2.05) is 0 Å². The number of alkyl halides is 4. The molecule has 1 N–H and O–H groups in total. The van der Waals surface area contributed by atoms with E-state index in [0.29, 0.717) is 13.8 Å². The summed E-state index contributed by atoms with van der Waals surface area (Å²) in [5.41, 5.74) is -6.66. The van der Waals surface area contributed by atoms with Gasteiger partial charge in [0.1, 0.15) is 0 Å². The van der Waals surface area contributed by atoms with E-state index in [2.05, 4.69) is 6.58 Å². The number of halogens is 4. The van der Waals surface area contributed by atoms with E-state index in [4.69, 9.17) is 5.11 Å². The average molecular weight is 200 g/mol. The summed E-state index contributed by atoms with van der Waals surface area (Å²) in [5, 5.41) is 8.99. The molecule has 0 amide bonds. The molecule has 0 aromatic rings. The van der Waals surface area contributed by atoms with Crippen LogP contribution in [0, 0.1) is 0 Å². The predicted octanol–water partition coefficient (Wildman–Crippen LogP) is 2.60. The Hall–Kier alpha value is -0.580. The van der Waals surface area contributed by atoms with Gasteiger partial charge in [0.05, 0.1) is 0 Å². The van der Waals surface area contributed by atoms with Crippen LogP contribution in [-0.2, 0) is 0 Å². The first-order valence-electron chi connectivity index (χ1n) is 3.58. The summed E-state index contributed by atoms with van der Waals surface area (Å²) in [6, 6.07) is 0. The molecule has 0 aliphatic heterocycles. The van der Waals surface area contributed by atoms with Crippen molar-refractivity contribution in [3.05, 3.63) is 12.2 Å². The predicted molar refractivity (Wildman–Crippen MR) is 41.0 cm³/mol. The van der Waals surface area contributed by atoms with E-state index in [1.54, 1.807) is 0 Å². The van der Waals surface area contributed by atoms with Crippen LogP contribution in [0.15, 0.2) is 12.2 Å². The van der Waals surface area contributed by atoms with Crippen molar-refractivity contribution in [2.24, 2.45) is 0 Å². The van der Waals surface area contributed by atoms with E-state index in [-0.39, 0.29) is 5.57 Å². The second kappa shape index (κ2) is 2.97. The van der Waals surface area contributed by atoms with Gasteiger partial charge < -0.3 is 5.11 Å². The monoisotopic (exact) mass is 200 g/mol. The molecule has 2 unspecified atom stereocenters. The number of hydrogen-bond donors (Lipinski definition) is 1. The number of aliphatic hydroxyl groups is 1. The zero-order chi connectivity index (χ0) is 11.1. The molecule has 1 nitrogen and oxygen atoms in total. The van der Waals surface area contributed by atoms with Gasteiger partial charge in [-0.25, -0.2) is 4.39 Å². The molecule has 2 atom stereocenters. The van der Waals surface area contributed by atoms with Crippen molar-refractivity contribution in [3.8, 4) is 0 Å². The quantitative estimate of drug-likeness (QED) is 0.536. The molecule has 0 rings (SSSR count). The van der Waals surface area contributed by atoms with Crippen molar-refractivity contribution in [2.45, 2.75) is 38.2 Å². The first-order valence-corrected chi connectivity index (χ1v) is 3.58. The highest BCUT2D eigenvalue weighted by molar-refractivity contribution is 5.18. The van der Waals surface area contributed by atoms with Crippen LogP contribution in [0.4, 0.5) is 17.6 Å². The molecule has 0 saturated heterocycles. The van der Waals surface area contributed by atoms with Crippen molar-refractivity contribution >= 4 is 0 Å². The third-order valence-corrected chi connectivity index (χ3v) is 2.27. The minimum Gasteiger partial charge on any atom is -0.378 e. The lowest BCUT2D eigenvalue weighted by Gasteiger charge is -2.37. The van der Waals surface area contributed by atoms with Crippen molar-refractivity contribution < 1.29 is 22.7 Å². The molecule has 13 heavy (non-hydrogen) atoms. The molecule has 0 radical (unpaired) electrons. The van der Waals surface area contributed by atoms with Gasteiger partial charge in [-0.1, -0.05) is 6.58 Å². The van der Waals surface area contributed by atoms with Gasteiger partial charge in [-0.2, -0.15) is 13.2 Å². The van der Waals surface area contributed by atoms with E-state index >= 15 is 0 Å². The van der Waals surface area contributed by atoms with Gasteiger partial charge in [-0.3, -0.25) is 0 Å². The highest BCUT2D eigenvalue weighted by atomic mass is 19.4. The van der Waals surface area contributed by atoms with E-state index in [0.717, 1.165) is 6.92 Å². The summed E-state index contributed by atoms with van der Waals surface area (Å²) in [7, 11) is 0. The van der Waals surface area contributed by atoms with E-state index in [1.165, 1.54) is 0 Å². The van der Waals surface area contributed by atoms with E-state index < -0.39 is 17.4 Å². The van der Waals surface area contributed by atoms with Crippen molar-refractivity contribution in [1.82, 2.24) is 0 Å². The van der Waals surface area contributed by atoms with Gasteiger partial charge in [0, 0.05) is 0 Å². The van der Waals surface area contributed by atoms with Crippen LogP contribution in [0.25, 0.3) is 0 Å². The highest BCUT2D eigenvalue weighted by Crippen LogP contribution is 2.43. The van der Waals surface area contributed by atoms with Crippen LogP contribution in [0.5, 0.6) is 0 Å². The molecule has 0 aromatic carbocycles. The minimum absolute atomic E-state index is 0.366. The van der Waals surface area contributed by atoms with Crippen LogP contribution < -0.4 is 0 Å². The Balaban J connectivity index is 5.16. The van der Waals surface area contributed by atoms with Gasteiger partial charge >= 0.3 is 6.18 Å². The summed E-state index contributed by atoms with van der Waals surface area (Å²) in [4.78, 5) is 0. The lowest BCUT2D eigenvalue weighted by molar-refractivity contribution is -0.286. The van der Waals surface area contributed by atoms with Gasteiger partial charge in [0.25, 0.3) is 0 Å². The Bertz CT molecular complexity index is 215. The molecular formula is C8H12F4O. The molecule has 5 heteroatoms. The van der Waals surface area contributed by atoms with Crippen molar-refractivity contribution in [1.29, 1.82) is 0 Å². The number of rotatable bonds is 2. The topological polar surface area (TPSA) is 20.2 Å². The van der Waals surface area contributed by atoms with Crippen LogP contribution in [-0.4, -0.2) is 22.6 Å². The maximum atomic E-state index is 13.4. The van der Waals surface area contributed by atoms with Crippen LogP contribution in [0.1, 0.15) is 20.8 Å². The Morgan fingerprint density at radius 2 is 1.46 bits per heavy atom. The normalized spacial score (nSPS) is 21.8. The van der Waals surface area contributed by atoms with Crippen molar-refractivity contribution in [3.63, 3.8) is 0 Å². The highest BCUT2D eigenvalue weighted by Gasteiger charge is 2.62. The Morgan fingerprint density at radius 1 is 1.15 bits per heavy atom. The molecule has 0 saturated carbocycles. The van der Waals surface area contributed by atoms with Gasteiger partial charge in [-0.05, 0) is 26.3 Å². The number of hydrogen-bond acceptors (Lipinski definition) is 1. The summed E-state index contributed by atoms with van der Waals surface area (Å²) >= 11 is 0. The zero-order valence-corrected chi connectivity index (χ0v) is 7.67. The summed E-state index contributed by atoms with van der Waals surface area (Å²) in [5.74, 6) is 0. The SMILES string of the molecule is C=C(C)C(C)(F)C(C)(O)C(F)(F)F. The molecule has 0 aromatic heterocycles. The van der Waals surface area contributed by atoms with Gasteiger partial charge in [-0.15, -0.1) is 0 Å².